The fraction of sp³-hybridized carbons (Fsp3) is 0.136. The molecule has 1 aromatic carbocycles. The maximum Gasteiger partial charge on any atom is 0.310 e. The molecule has 156 valence electrons. The van der Waals surface area contributed by atoms with Gasteiger partial charge in [-0.1, -0.05) is 11.6 Å². The SMILES string of the molecule is CCOC(=O)Cc1cnccc1Nc1nc(-c2cc(Cl)ccc2F)nc2ncccc12. The number of benzene rings is 1. The number of anilines is 2. The number of fused-ring (bicyclic) bond motifs is 1. The van der Waals surface area contributed by atoms with E-state index in [2.05, 4.69) is 25.3 Å². The van der Waals surface area contributed by atoms with E-state index < -0.39 is 5.82 Å². The van der Waals surface area contributed by atoms with E-state index in [-0.39, 0.29) is 23.8 Å². The lowest BCUT2D eigenvalue weighted by molar-refractivity contribution is -0.142. The van der Waals surface area contributed by atoms with Gasteiger partial charge in [0.1, 0.15) is 11.6 Å². The third-order valence-corrected chi connectivity index (χ3v) is 4.67. The molecule has 0 amide bonds. The summed E-state index contributed by atoms with van der Waals surface area (Å²) in [5, 5.41) is 4.21. The van der Waals surface area contributed by atoms with Crippen molar-refractivity contribution >= 4 is 40.1 Å². The molecule has 0 radical (unpaired) electrons. The normalized spacial score (nSPS) is 10.8. The Labute approximate surface area is 182 Å². The lowest BCUT2D eigenvalue weighted by atomic mass is 10.1. The van der Waals surface area contributed by atoms with Gasteiger partial charge in [-0.2, -0.15) is 0 Å². The van der Waals surface area contributed by atoms with Crippen LogP contribution in [0.3, 0.4) is 0 Å². The van der Waals surface area contributed by atoms with Crippen LogP contribution in [0.4, 0.5) is 15.9 Å². The fourth-order valence-electron chi connectivity index (χ4n) is 3.03. The summed E-state index contributed by atoms with van der Waals surface area (Å²) < 4.78 is 19.5. The number of hydrogen-bond donors (Lipinski definition) is 1. The quantitative estimate of drug-likeness (QED) is 0.436. The molecule has 0 fully saturated rings. The smallest absolute Gasteiger partial charge is 0.310 e. The minimum Gasteiger partial charge on any atom is -0.466 e. The van der Waals surface area contributed by atoms with Crippen LogP contribution < -0.4 is 5.32 Å². The van der Waals surface area contributed by atoms with Crippen molar-refractivity contribution in [2.45, 2.75) is 13.3 Å². The Bertz CT molecular complexity index is 1270. The monoisotopic (exact) mass is 437 g/mol. The van der Waals surface area contributed by atoms with Crippen LogP contribution in [0.5, 0.6) is 0 Å². The van der Waals surface area contributed by atoms with Gasteiger partial charge in [0, 0.05) is 34.9 Å². The third-order valence-electron chi connectivity index (χ3n) is 4.44. The second-order valence-corrected chi connectivity index (χ2v) is 6.97. The highest BCUT2D eigenvalue weighted by Gasteiger charge is 2.16. The number of nitrogens with one attached hydrogen (secondary N) is 1. The second-order valence-electron chi connectivity index (χ2n) is 6.53. The van der Waals surface area contributed by atoms with Crippen LogP contribution in [0.15, 0.2) is 55.0 Å². The Morgan fingerprint density at radius 2 is 2.06 bits per heavy atom. The van der Waals surface area contributed by atoms with Gasteiger partial charge in [0.2, 0.25) is 0 Å². The second kappa shape index (κ2) is 9.01. The van der Waals surface area contributed by atoms with Gasteiger partial charge in [-0.3, -0.25) is 9.78 Å². The summed E-state index contributed by atoms with van der Waals surface area (Å²) in [7, 11) is 0. The van der Waals surface area contributed by atoms with E-state index in [9.17, 15) is 9.18 Å². The standard InChI is InChI=1S/C22H17ClFN5O2/c1-2-31-19(30)10-13-12-25-9-7-18(13)27-21-15-4-3-8-26-20(15)28-22(29-21)16-11-14(23)5-6-17(16)24/h3-9,11-12H,2,10H2,1H3,(H,25,26,27,28,29). The van der Waals surface area contributed by atoms with Crippen LogP contribution in [0.1, 0.15) is 12.5 Å². The number of rotatable bonds is 6. The first-order valence-electron chi connectivity index (χ1n) is 9.49. The van der Waals surface area contributed by atoms with E-state index in [0.717, 1.165) is 0 Å². The van der Waals surface area contributed by atoms with Crippen LogP contribution in [-0.2, 0) is 16.0 Å². The van der Waals surface area contributed by atoms with E-state index in [1.807, 2.05) is 0 Å². The highest BCUT2D eigenvalue weighted by atomic mass is 35.5. The number of esters is 1. The summed E-state index contributed by atoms with van der Waals surface area (Å²) in [4.78, 5) is 29.3. The molecular weight excluding hydrogens is 421 g/mol. The van der Waals surface area contributed by atoms with Gasteiger partial charge in [0.15, 0.2) is 11.5 Å². The van der Waals surface area contributed by atoms with Gasteiger partial charge < -0.3 is 10.1 Å². The van der Waals surface area contributed by atoms with Crippen LogP contribution in [-0.4, -0.2) is 32.5 Å². The fourth-order valence-corrected chi connectivity index (χ4v) is 3.20. The third kappa shape index (κ3) is 4.59. The van der Waals surface area contributed by atoms with Crippen molar-refractivity contribution in [2.75, 3.05) is 11.9 Å². The Morgan fingerprint density at radius 1 is 1.19 bits per heavy atom. The average Bonchev–Trinajstić information content (AvgIpc) is 2.77. The number of ether oxygens (including phenoxy) is 1. The molecule has 0 bridgehead atoms. The topological polar surface area (TPSA) is 89.9 Å². The van der Waals surface area contributed by atoms with E-state index in [1.165, 1.54) is 18.2 Å². The highest BCUT2D eigenvalue weighted by Crippen LogP contribution is 2.30. The highest BCUT2D eigenvalue weighted by molar-refractivity contribution is 6.30. The largest absolute Gasteiger partial charge is 0.466 e. The number of carbonyl (C=O) groups excluding carboxylic acids is 1. The molecule has 0 atom stereocenters. The molecule has 7 nitrogen and oxygen atoms in total. The van der Waals surface area contributed by atoms with E-state index in [0.29, 0.717) is 39.7 Å². The summed E-state index contributed by atoms with van der Waals surface area (Å²) in [5.74, 6) is -0.328. The zero-order chi connectivity index (χ0) is 21.8. The summed E-state index contributed by atoms with van der Waals surface area (Å²) in [5.41, 5.74) is 1.79. The Balaban J connectivity index is 1.80. The number of carbonyl (C=O) groups is 1. The van der Waals surface area contributed by atoms with Gasteiger partial charge in [-0.25, -0.2) is 19.3 Å². The van der Waals surface area contributed by atoms with Crippen LogP contribution in [0, 0.1) is 5.82 Å². The van der Waals surface area contributed by atoms with Crippen molar-refractivity contribution < 1.29 is 13.9 Å². The van der Waals surface area contributed by atoms with Gasteiger partial charge in [0.25, 0.3) is 0 Å². The predicted molar refractivity (Wildman–Crippen MR) is 116 cm³/mol. The van der Waals surface area contributed by atoms with Crippen LogP contribution in [0.25, 0.3) is 22.4 Å². The number of hydrogen-bond acceptors (Lipinski definition) is 7. The maximum absolute atomic E-state index is 14.5. The molecule has 3 heterocycles. The first-order valence-corrected chi connectivity index (χ1v) is 9.86. The Hall–Kier alpha value is -3.65. The molecule has 1 N–H and O–H groups in total. The van der Waals surface area contributed by atoms with E-state index >= 15 is 0 Å². The number of aromatic nitrogens is 4. The van der Waals surface area contributed by atoms with Crippen molar-refractivity contribution in [3.05, 3.63) is 71.4 Å². The van der Waals surface area contributed by atoms with Crippen molar-refractivity contribution in [1.82, 2.24) is 19.9 Å². The minimum atomic E-state index is -0.502. The molecule has 9 heteroatoms. The summed E-state index contributed by atoms with van der Waals surface area (Å²) in [6, 6.07) is 9.45. The summed E-state index contributed by atoms with van der Waals surface area (Å²) in [6.07, 6.45) is 4.81. The zero-order valence-corrected chi connectivity index (χ0v) is 17.2. The minimum absolute atomic E-state index is 0.0427. The van der Waals surface area contributed by atoms with E-state index in [4.69, 9.17) is 16.3 Å². The molecule has 3 aromatic heterocycles. The first kappa shape index (κ1) is 20.6. The van der Waals surface area contributed by atoms with Crippen molar-refractivity contribution in [2.24, 2.45) is 0 Å². The van der Waals surface area contributed by atoms with Crippen LogP contribution >= 0.6 is 11.6 Å². The molecular formula is C22H17ClFN5O2. The predicted octanol–water partition coefficient (Wildman–Crippen LogP) is 4.73. The molecule has 4 aromatic rings. The molecule has 0 aliphatic rings. The average molecular weight is 438 g/mol. The Kier molecular flexibility index (Phi) is 5.99. The van der Waals surface area contributed by atoms with Gasteiger partial charge in [0.05, 0.1) is 24.0 Å². The van der Waals surface area contributed by atoms with Gasteiger partial charge >= 0.3 is 5.97 Å². The van der Waals surface area contributed by atoms with Crippen molar-refractivity contribution in [3.8, 4) is 11.4 Å². The lowest BCUT2D eigenvalue weighted by Gasteiger charge is -2.13. The molecule has 0 unspecified atom stereocenters. The molecule has 0 saturated heterocycles. The molecule has 31 heavy (non-hydrogen) atoms. The first-order chi connectivity index (χ1) is 15.0. The van der Waals surface area contributed by atoms with Gasteiger partial charge in [-0.05, 0) is 43.3 Å². The van der Waals surface area contributed by atoms with Crippen LogP contribution in [0.2, 0.25) is 5.02 Å². The number of pyridine rings is 2. The maximum atomic E-state index is 14.5. The molecule has 0 saturated carbocycles. The van der Waals surface area contributed by atoms with E-state index in [1.54, 1.807) is 43.7 Å². The molecule has 0 aliphatic heterocycles. The lowest BCUT2D eigenvalue weighted by Crippen LogP contribution is -2.10. The number of nitrogens with zero attached hydrogens (tertiary/aromatic N) is 4. The summed E-state index contributed by atoms with van der Waals surface area (Å²) >= 11 is 6.05. The molecule has 0 spiro atoms. The molecule has 4 rings (SSSR count). The summed E-state index contributed by atoms with van der Waals surface area (Å²) in [6.45, 7) is 2.04. The number of halogens is 2. The van der Waals surface area contributed by atoms with Gasteiger partial charge in [-0.15, -0.1) is 0 Å². The Morgan fingerprint density at radius 3 is 2.90 bits per heavy atom. The van der Waals surface area contributed by atoms with Crippen molar-refractivity contribution in [1.29, 1.82) is 0 Å². The van der Waals surface area contributed by atoms with Crippen molar-refractivity contribution in [3.63, 3.8) is 0 Å². The zero-order valence-electron chi connectivity index (χ0n) is 16.5. The molecule has 0 aliphatic carbocycles.